The summed E-state index contributed by atoms with van der Waals surface area (Å²) in [6.07, 6.45) is 3.68. The number of hydrogen-bond acceptors (Lipinski definition) is 2. The second-order valence-electron chi connectivity index (χ2n) is 2.58. The lowest BCUT2D eigenvalue weighted by Gasteiger charge is -1.90. The molecule has 0 aromatic carbocycles. The summed E-state index contributed by atoms with van der Waals surface area (Å²) in [4.78, 5) is 7.34. The SMILES string of the molecule is [N-]=C=S.c1ccc(-c2cccc[nH+]2)nc1. The lowest BCUT2D eigenvalue weighted by Crippen LogP contribution is -2.04. The smallest absolute Gasteiger partial charge is 0.229 e. The van der Waals surface area contributed by atoms with Gasteiger partial charge in [0.25, 0.3) is 0 Å². The van der Waals surface area contributed by atoms with Gasteiger partial charge < -0.3 is 5.41 Å². The van der Waals surface area contributed by atoms with Crippen LogP contribution in [0, 0.1) is 0 Å². The van der Waals surface area contributed by atoms with Crippen molar-refractivity contribution in [3.8, 4) is 11.4 Å². The van der Waals surface area contributed by atoms with E-state index in [0.717, 1.165) is 11.4 Å². The largest absolute Gasteiger partial charge is 0.753 e. The highest BCUT2D eigenvalue weighted by molar-refractivity contribution is 7.78. The molecule has 0 fully saturated rings. The maximum absolute atomic E-state index is 7.13. The Bertz CT molecular complexity index is 385. The highest BCUT2D eigenvalue weighted by atomic mass is 32.1. The number of rotatable bonds is 1. The average Bonchev–Trinajstić information content (AvgIpc) is 2.32. The van der Waals surface area contributed by atoms with E-state index in [1.807, 2.05) is 42.6 Å². The summed E-state index contributed by atoms with van der Waals surface area (Å²) in [5.41, 5.74) is 2.01. The van der Waals surface area contributed by atoms with Gasteiger partial charge in [-0.2, -0.15) is 5.16 Å². The van der Waals surface area contributed by atoms with Crippen molar-refractivity contribution in [3.05, 3.63) is 54.2 Å². The minimum absolute atomic E-state index is 0.970. The van der Waals surface area contributed by atoms with Gasteiger partial charge in [-0.3, -0.25) is 0 Å². The van der Waals surface area contributed by atoms with Crippen LogP contribution in [0.25, 0.3) is 16.8 Å². The van der Waals surface area contributed by atoms with Crippen LogP contribution in [0.1, 0.15) is 0 Å². The zero-order chi connectivity index (χ0) is 10.9. The predicted molar refractivity (Wildman–Crippen MR) is 62.2 cm³/mol. The van der Waals surface area contributed by atoms with Crippen LogP contribution in [0.2, 0.25) is 0 Å². The molecule has 0 saturated carbocycles. The number of H-pyrrole nitrogens is 1. The molecule has 15 heavy (non-hydrogen) atoms. The molecule has 0 unspecified atom stereocenters. The van der Waals surface area contributed by atoms with Gasteiger partial charge in [-0.15, -0.1) is 0 Å². The summed E-state index contributed by atoms with van der Waals surface area (Å²) in [5, 5.41) is 8.47. The van der Waals surface area contributed by atoms with Gasteiger partial charge >= 0.3 is 0 Å². The Kier molecular flexibility index (Phi) is 4.87. The van der Waals surface area contributed by atoms with Gasteiger partial charge in [0.1, 0.15) is 5.69 Å². The molecule has 2 aromatic heterocycles. The van der Waals surface area contributed by atoms with Crippen molar-refractivity contribution >= 4 is 17.4 Å². The Labute approximate surface area is 93.3 Å². The van der Waals surface area contributed by atoms with Crippen LogP contribution in [0.15, 0.2) is 48.8 Å². The minimum Gasteiger partial charge on any atom is -0.753 e. The molecule has 4 heteroatoms. The fourth-order valence-corrected chi connectivity index (χ4v) is 1.07. The molecule has 0 radical (unpaired) electrons. The Morgan fingerprint density at radius 3 is 2.47 bits per heavy atom. The van der Waals surface area contributed by atoms with E-state index >= 15 is 0 Å². The van der Waals surface area contributed by atoms with Crippen LogP contribution in [0.3, 0.4) is 0 Å². The van der Waals surface area contributed by atoms with E-state index in [1.54, 1.807) is 6.20 Å². The van der Waals surface area contributed by atoms with Crippen LogP contribution in [0.5, 0.6) is 0 Å². The van der Waals surface area contributed by atoms with Crippen molar-refractivity contribution in [2.24, 2.45) is 0 Å². The van der Waals surface area contributed by atoms with Gasteiger partial charge in [-0.1, -0.05) is 18.3 Å². The summed E-state index contributed by atoms with van der Waals surface area (Å²) in [7, 11) is 0. The Balaban J connectivity index is 0.000000337. The highest BCUT2D eigenvalue weighted by Gasteiger charge is 2.01. The first-order valence-electron chi connectivity index (χ1n) is 4.28. The molecular formula is C11H9N3S. The minimum atomic E-state index is 0.970. The first kappa shape index (κ1) is 11.2. The average molecular weight is 215 g/mol. The molecule has 0 bridgehead atoms. The van der Waals surface area contributed by atoms with Crippen molar-refractivity contribution in [2.45, 2.75) is 0 Å². The number of aromatic nitrogens is 2. The standard InChI is InChI=1S/C10H8N2.CNS/c1-3-7-11-9(5-1)10-6-2-4-8-12-10;2-1-3/h1-8H;/q;-1/p+1. The maximum Gasteiger partial charge on any atom is 0.229 e. The molecule has 0 aliphatic rings. The fourth-order valence-electron chi connectivity index (χ4n) is 1.07. The molecule has 2 aromatic rings. The van der Waals surface area contributed by atoms with E-state index in [2.05, 4.69) is 22.2 Å². The van der Waals surface area contributed by atoms with Crippen molar-refractivity contribution in [2.75, 3.05) is 0 Å². The number of thiocarbonyl (C=S) groups is 1. The molecule has 0 aliphatic heterocycles. The maximum atomic E-state index is 7.13. The molecule has 2 rings (SSSR count). The van der Waals surface area contributed by atoms with Crippen LogP contribution >= 0.6 is 12.2 Å². The van der Waals surface area contributed by atoms with Crippen LogP contribution in [0.4, 0.5) is 0 Å². The number of aromatic amines is 1. The Morgan fingerprint density at radius 1 is 1.20 bits per heavy atom. The predicted octanol–water partition coefficient (Wildman–Crippen LogP) is 2.22. The van der Waals surface area contributed by atoms with E-state index in [1.165, 1.54) is 5.16 Å². The number of nitrogens with zero attached hydrogens (tertiary/aromatic N) is 2. The molecule has 0 amide bonds. The molecule has 1 N–H and O–H groups in total. The van der Waals surface area contributed by atoms with Gasteiger partial charge in [0.15, 0.2) is 6.20 Å². The van der Waals surface area contributed by atoms with E-state index in [9.17, 15) is 0 Å². The third-order valence-corrected chi connectivity index (χ3v) is 1.65. The zero-order valence-corrected chi connectivity index (χ0v) is 8.74. The molecule has 3 nitrogen and oxygen atoms in total. The fraction of sp³-hybridized carbons (Fsp3) is 0. The van der Waals surface area contributed by atoms with Gasteiger partial charge in [0.05, 0.1) is 0 Å². The lowest BCUT2D eigenvalue weighted by molar-refractivity contribution is -0.364. The molecule has 0 atom stereocenters. The second kappa shape index (κ2) is 6.54. The van der Waals surface area contributed by atoms with Crippen molar-refractivity contribution in [3.63, 3.8) is 0 Å². The summed E-state index contributed by atoms with van der Waals surface area (Å²) < 4.78 is 0. The van der Waals surface area contributed by atoms with Crippen LogP contribution < -0.4 is 4.98 Å². The van der Waals surface area contributed by atoms with Crippen LogP contribution in [-0.2, 0) is 0 Å². The van der Waals surface area contributed by atoms with Crippen molar-refractivity contribution in [1.82, 2.24) is 4.98 Å². The van der Waals surface area contributed by atoms with Gasteiger partial charge in [-0.25, -0.2) is 9.97 Å². The van der Waals surface area contributed by atoms with Crippen LogP contribution in [-0.4, -0.2) is 10.1 Å². The van der Waals surface area contributed by atoms with E-state index in [-0.39, 0.29) is 0 Å². The van der Waals surface area contributed by atoms with Gasteiger partial charge in [0, 0.05) is 18.3 Å². The molecule has 0 aliphatic carbocycles. The quantitative estimate of drug-likeness (QED) is 0.541. The summed E-state index contributed by atoms with van der Waals surface area (Å²) in [6, 6.07) is 11.8. The monoisotopic (exact) mass is 215 g/mol. The van der Waals surface area contributed by atoms with E-state index in [0.29, 0.717) is 0 Å². The van der Waals surface area contributed by atoms with E-state index < -0.39 is 0 Å². The third-order valence-electron chi connectivity index (χ3n) is 1.65. The summed E-state index contributed by atoms with van der Waals surface area (Å²) in [6.45, 7) is 0. The summed E-state index contributed by atoms with van der Waals surface area (Å²) in [5.74, 6) is 0. The normalized spacial score (nSPS) is 8.27. The number of nitrogens with one attached hydrogen (secondary N) is 1. The first-order chi connectivity index (χ1) is 7.38. The summed E-state index contributed by atoms with van der Waals surface area (Å²) >= 11 is 3.70. The van der Waals surface area contributed by atoms with Crippen molar-refractivity contribution < 1.29 is 4.98 Å². The zero-order valence-electron chi connectivity index (χ0n) is 7.92. The number of pyridine rings is 2. The molecule has 2 heterocycles. The van der Waals surface area contributed by atoms with Gasteiger partial charge in [0.2, 0.25) is 5.69 Å². The molecule has 74 valence electrons. The highest BCUT2D eigenvalue weighted by Crippen LogP contribution is 2.07. The molecular weight excluding hydrogens is 206 g/mol. The Hall–Kier alpha value is -1.90. The van der Waals surface area contributed by atoms with Crippen molar-refractivity contribution in [1.29, 1.82) is 0 Å². The molecule has 0 spiro atoms. The van der Waals surface area contributed by atoms with E-state index in [4.69, 9.17) is 5.41 Å². The number of isothiocyanates is 1. The lowest BCUT2D eigenvalue weighted by atomic mass is 10.2. The number of hydrogen-bond donors (Lipinski definition) is 0. The Morgan fingerprint density at radius 2 is 1.93 bits per heavy atom. The second-order valence-corrected chi connectivity index (χ2v) is 2.77. The topological polar surface area (TPSA) is 49.3 Å². The third kappa shape index (κ3) is 3.77. The van der Waals surface area contributed by atoms with Gasteiger partial charge in [-0.05, 0) is 18.2 Å². The molecule has 0 saturated heterocycles. The first-order valence-corrected chi connectivity index (χ1v) is 4.68.